The van der Waals surface area contributed by atoms with E-state index in [4.69, 9.17) is 16.3 Å². The van der Waals surface area contributed by atoms with Crippen molar-refractivity contribution in [3.63, 3.8) is 0 Å². The first-order chi connectivity index (χ1) is 9.92. The first-order valence-corrected chi connectivity index (χ1v) is 8.16. The monoisotopic (exact) mass is 326 g/mol. The lowest BCUT2D eigenvalue weighted by atomic mass is 10.3. The highest BCUT2D eigenvalue weighted by Crippen LogP contribution is 2.21. The van der Waals surface area contributed by atoms with Gasteiger partial charge in [0, 0.05) is 0 Å². The quantitative estimate of drug-likeness (QED) is 0.856. The van der Waals surface area contributed by atoms with E-state index in [1.807, 2.05) is 6.92 Å². The van der Waals surface area contributed by atoms with Crippen LogP contribution >= 0.6 is 11.6 Å². The Bertz CT molecular complexity index is 730. The topological polar surface area (TPSA) is 68.3 Å². The van der Waals surface area contributed by atoms with Gasteiger partial charge in [-0.15, -0.1) is 0 Å². The van der Waals surface area contributed by atoms with E-state index >= 15 is 0 Å². The maximum absolute atomic E-state index is 12.3. The van der Waals surface area contributed by atoms with E-state index in [1.54, 1.807) is 25.1 Å². The lowest BCUT2D eigenvalue weighted by Gasteiger charge is -2.09. The van der Waals surface area contributed by atoms with Gasteiger partial charge in [0.1, 0.15) is 10.9 Å². The third-order valence-electron chi connectivity index (χ3n) is 2.71. The summed E-state index contributed by atoms with van der Waals surface area (Å²) < 4.78 is 32.3. The van der Waals surface area contributed by atoms with E-state index in [2.05, 4.69) is 9.71 Å². The van der Waals surface area contributed by atoms with E-state index in [-0.39, 0.29) is 4.90 Å². The van der Waals surface area contributed by atoms with Gasteiger partial charge in [-0.25, -0.2) is 13.4 Å². The molecule has 0 saturated heterocycles. The number of sulfonamides is 1. The van der Waals surface area contributed by atoms with Gasteiger partial charge in [0.05, 0.1) is 23.4 Å². The van der Waals surface area contributed by atoms with E-state index in [1.165, 1.54) is 18.3 Å². The minimum Gasteiger partial charge on any atom is -0.494 e. The fraction of sp³-hybridized carbons (Fsp3) is 0.214. The molecule has 0 fully saturated rings. The number of ether oxygens (including phenoxy) is 1. The molecular weight excluding hydrogens is 312 g/mol. The maximum Gasteiger partial charge on any atom is 0.261 e. The number of hydrogen-bond donors (Lipinski definition) is 1. The van der Waals surface area contributed by atoms with Crippen LogP contribution in [0, 0.1) is 6.92 Å². The number of aryl methyl sites for hydroxylation is 1. The van der Waals surface area contributed by atoms with Crippen molar-refractivity contribution in [1.29, 1.82) is 0 Å². The lowest BCUT2D eigenvalue weighted by Crippen LogP contribution is -2.13. The van der Waals surface area contributed by atoms with Crippen molar-refractivity contribution in [2.24, 2.45) is 0 Å². The molecule has 0 unspecified atom stereocenters. The zero-order chi connectivity index (χ0) is 15.5. The zero-order valence-electron chi connectivity index (χ0n) is 11.6. The Labute approximate surface area is 129 Å². The van der Waals surface area contributed by atoms with Gasteiger partial charge in [-0.1, -0.05) is 11.6 Å². The van der Waals surface area contributed by atoms with Crippen LogP contribution in [-0.4, -0.2) is 20.0 Å². The predicted molar refractivity (Wildman–Crippen MR) is 82.4 cm³/mol. The molecule has 112 valence electrons. The molecule has 0 bridgehead atoms. The molecule has 1 N–H and O–H groups in total. The highest BCUT2D eigenvalue weighted by molar-refractivity contribution is 7.92. The Morgan fingerprint density at radius 1 is 1.29 bits per heavy atom. The molecule has 2 rings (SSSR count). The molecular formula is C14H15ClN2O3S. The second-order valence-electron chi connectivity index (χ2n) is 4.34. The number of pyridine rings is 1. The van der Waals surface area contributed by atoms with Crippen molar-refractivity contribution in [2.75, 3.05) is 11.3 Å². The second-order valence-corrected chi connectivity index (χ2v) is 6.38. The molecule has 1 heterocycles. The molecule has 0 spiro atoms. The fourth-order valence-corrected chi connectivity index (χ4v) is 2.85. The van der Waals surface area contributed by atoms with Crippen LogP contribution in [0.2, 0.25) is 5.15 Å². The van der Waals surface area contributed by atoms with Gasteiger partial charge in [-0.3, -0.25) is 4.72 Å². The van der Waals surface area contributed by atoms with Crippen LogP contribution in [0.15, 0.2) is 41.4 Å². The third-order valence-corrected chi connectivity index (χ3v) is 4.50. The van der Waals surface area contributed by atoms with Gasteiger partial charge in [-0.2, -0.15) is 0 Å². The molecule has 21 heavy (non-hydrogen) atoms. The highest BCUT2D eigenvalue weighted by atomic mass is 35.5. The third kappa shape index (κ3) is 3.86. The lowest BCUT2D eigenvalue weighted by molar-refractivity contribution is 0.340. The largest absolute Gasteiger partial charge is 0.494 e. The Kier molecular flexibility index (Phi) is 4.69. The summed E-state index contributed by atoms with van der Waals surface area (Å²) in [5.74, 6) is 0.625. The molecule has 0 aliphatic carbocycles. The first kappa shape index (κ1) is 15.6. The van der Waals surface area contributed by atoms with Crippen molar-refractivity contribution >= 4 is 27.3 Å². The SMILES string of the molecule is CCOc1ccc(S(=O)(=O)Nc2cnc(Cl)c(C)c2)cc1. The molecule has 0 aliphatic heterocycles. The van der Waals surface area contributed by atoms with Gasteiger partial charge in [0.15, 0.2) is 0 Å². The van der Waals surface area contributed by atoms with Gasteiger partial charge in [0.25, 0.3) is 10.0 Å². The van der Waals surface area contributed by atoms with Gasteiger partial charge in [-0.05, 0) is 49.7 Å². The Balaban J connectivity index is 2.23. The molecule has 0 radical (unpaired) electrons. The second kappa shape index (κ2) is 6.32. The maximum atomic E-state index is 12.3. The minimum atomic E-state index is -3.66. The summed E-state index contributed by atoms with van der Waals surface area (Å²) in [5, 5.41) is 0.346. The summed E-state index contributed by atoms with van der Waals surface area (Å²) >= 11 is 5.81. The number of anilines is 1. The normalized spacial score (nSPS) is 11.2. The van der Waals surface area contributed by atoms with E-state index < -0.39 is 10.0 Å². The van der Waals surface area contributed by atoms with E-state index in [0.717, 1.165) is 0 Å². The standard InChI is InChI=1S/C14H15ClN2O3S/c1-3-20-12-4-6-13(7-5-12)21(18,19)17-11-8-10(2)14(15)16-9-11/h4-9,17H,3H2,1-2H3. The van der Waals surface area contributed by atoms with Crippen LogP contribution in [0.5, 0.6) is 5.75 Å². The van der Waals surface area contributed by atoms with Gasteiger partial charge >= 0.3 is 0 Å². The number of nitrogens with one attached hydrogen (secondary N) is 1. The molecule has 5 nitrogen and oxygen atoms in total. The van der Waals surface area contributed by atoms with Crippen molar-refractivity contribution in [3.05, 3.63) is 47.2 Å². The van der Waals surface area contributed by atoms with Crippen LogP contribution in [0.1, 0.15) is 12.5 Å². The molecule has 7 heteroatoms. The number of nitrogens with zero attached hydrogens (tertiary/aromatic N) is 1. The molecule has 0 aliphatic rings. The van der Waals surface area contributed by atoms with E-state index in [0.29, 0.717) is 28.8 Å². The summed E-state index contributed by atoms with van der Waals surface area (Å²) in [6.07, 6.45) is 1.38. The van der Waals surface area contributed by atoms with Gasteiger partial charge in [0.2, 0.25) is 0 Å². The molecule has 0 saturated carbocycles. The Hall–Kier alpha value is -1.79. The number of aromatic nitrogens is 1. The van der Waals surface area contributed by atoms with Crippen molar-refractivity contribution in [3.8, 4) is 5.75 Å². The number of rotatable bonds is 5. The number of benzene rings is 1. The summed E-state index contributed by atoms with van der Waals surface area (Å²) in [6.45, 7) is 4.14. The zero-order valence-corrected chi connectivity index (χ0v) is 13.2. The predicted octanol–water partition coefficient (Wildman–Crippen LogP) is 3.24. The first-order valence-electron chi connectivity index (χ1n) is 6.30. The van der Waals surface area contributed by atoms with Gasteiger partial charge < -0.3 is 4.74 Å². The van der Waals surface area contributed by atoms with Crippen LogP contribution < -0.4 is 9.46 Å². The number of halogens is 1. The average molecular weight is 327 g/mol. The van der Waals surface area contributed by atoms with Crippen LogP contribution in [0.25, 0.3) is 0 Å². The Morgan fingerprint density at radius 3 is 2.52 bits per heavy atom. The molecule has 1 aromatic heterocycles. The smallest absolute Gasteiger partial charge is 0.261 e. The molecule has 1 aromatic carbocycles. The van der Waals surface area contributed by atoms with Crippen molar-refractivity contribution < 1.29 is 13.2 Å². The molecule has 0 atom stereocenters. The van der Waals surface area contributed by atoms with Crippen LogP contribution in [0.3, 0.4) is 0 Å². The van der Waals surface area contributed by atoms with Crippen molar-refractivity contribution in [2.45, 2.75) is 18.7 Å². The van der Waals surface area contributed by atoms with E-state index in [9.17, 15) is 8.42 Å². The van der Waals surface area contributed by atoms with Crippen LogP contribution in [-0.2, 0) is 10.0 Å². The highest BCUT2D eigenvalue weighted by Gasteiger charge is 2.14. The summed E-state index contributed by atoms with van der Waals surface area (Å²) in [5.41, 5.74) is 1.06. The number of hydrogen-bond acceptors (Lipinski definition) is 4. The Morgan fingerprint density at radius 2 is 1.95 bits per heavy atom. The summed E-state index contributed by atoms with van der Waals surface area (Å²) in [7, 11) is -3.66. The fourth-order valence-electron chi connectivity index (χ4n) is 1.71. The summed E-state index contributed by atoms with van der Waals surface area (Å²) in [4.78, 5) is 4.06. The average Bonchev–Trinajstić information content (AvgIpc) is 2.44. The molecule has 0 amide bonds. The van der Waals surface area contributed by atoms with Crippen molar-refractivity contribution in [1.82, 2.24) is 4.98 Å². The summed E-state index contributed by atoms with van der Waals surface area (Å²) in [6, 6.07) is 7.83. The van der Waals surface area contributed by atoms with Crippen LogP contribution in [0.4, 0.5) is 5.69 Å². The minimum absolute atomic E-state index is 0.151. The molecule has 2 aromatic rings.